The van der Waals surface area contributed by atoms with E-state index in [1.165, 1.54) is 24.3 Å². The Hall–Kier alpha value is -5.45. The molecule has 0 aliphatic rings. The van der Waals surface area contributed by atoms with E-state index in [4.69, 9.17) is 18.5 Å². The molecule has 0 amide bonds. The third kappa shape index (κ3) is 8.79. The minimum Gasteiger partial charge on any atom is -0.481 e. The molecule has 0 saturated carbocycles. The van der Waals surface area contributed by atoms with Gasteiger partial charge in [0.1, 0.15) is 23.0 Å². The third-order valence-corrected chi connectivity index (χ3v) is 6.94. The summed E-state index contributed by atoms with van der Waals surface area (Å²) in [5.41, 5.74) is 0.781. The van der Waals surface area contributed by atoms with Crippen molar-refractivity contribution < 1.29 is 56.6 Å². The molecule has 0 spiro atoms. The minimum absolute atomic E-state index is 0.0530. The molecule has 45 heavy (non-hydrogen) atoms. The number of ketones is 2. The zero-order valence-electron chi connectivity index (χ0n) is 24.0. The van der Waals surface area contributed by atoms with E-state index in [0.717, 1.165) is 26.4 Å². The summed E-state index contributed by atoms with van der Waals surface area (Å²) in [6.45, 7) is -1.10. The summed E-state index contributed by atoms with van der Waals surface area (Å²) in [5, 5.41) is 0. The van der Waals surface area contributed by atoms with E-state index >= 15 is 0 Å². The van der Waals surface area contributed by atoms with Crippen molar-refractivity contribution >= 4 is 31.3 Å². The fourth-order valence-electron chi connectivity index (χ4n) is 3.90. The standard InChI is InChI=1S/C32H27O12P/c1-39-29(33)19-41-27-17-23(13-15-25(27)31(35)21-9-5-3-6-10-21)43-45(37,38)44-24-14-16-26(28(18-24)42-20-30(34)40-2)32(36)22-11-7-4-8-12-22/h3-18H,19-20H2,1-2H3,(H,37,38). The van der Waals surface area contributed by atoms with Crippen molar-refractivity contribution in [2.24, 2.45) is 0 Å². The maximum Gasteiger partial charge on any atom is 0.584 e. The van der Waals surface area contributed by atoms with Crippen LogP contribution in [0, 0.1) is 0 Å². The predicted octanol–water partition coefficient (Wildman–Crippen LogP) is 4.81. The highest BCUT2D eigenvalue weighted by Crippen LogP contribution is 2.46. The van der Waals surface area contributed by atoms with E-state index in [0.29, 0.717) is 11.1 Å². The Balaban J connectivity index is 1.59. The summed E-state index contributed by atoms with van der Waals surface area (Å²) in [4.78, 5) is 60.2. The molecule has 0 bridgehead atoms. The van der Waals surface area contributed by atoms with E-state index in [1.54, 1.807) is 60.7 Å². The Morgan fingerprint density at radius 2 is 0.978 bits per heavy atom. The van der Waals surface area contributed by atoms with Gasteiger partial charge in [-0.2, -0.15) is 0 Å². The van der Waals surface area contributed by atoms with Crippen LogP contribution in [0.25, 0.3) is 0 Å². The molecule has 0 saturated heterocycles. The maximum absolute atomic E-state index is 13.1. The Morgan fingerprint density at radius 1 is 0.600 bits per heavy atom. The monoisotopic (exact) mass is 634 g/mol. The molecule has 4 aromatic rings. The third-order valence-electron chi connectivity index (χ3n) is 6.06. The number of hydrogen-bond donors (Lipinski definition) is 1. The Kier molecular flexibility index (Phi) is 10.7. The van der Waals surface area contributed by atoms with E-state index in [9.17, 15) is 28.6 Å². The van der Waals surface area contributed by atoms with Crippen LogP contribution in [0.1, 0.15) is 31.8 Å². The molecule has 4 rings (SSSR count). The first kappa shape index (κ1) is 32.5. The van der Waals surface area contributed by atoms with Crippen LogP contribution in [0.5, 0.6) is 23.0 Å². The number of hydrogen-bond acceptors (Lipinski definition) is 11. The number of carbonyl (C=O) groups is 4. The lowest BCUT2D eigenvalue weighted by Gasteiger charge is -2.17. The fourth-order valence-corrected chi connectivity index (χ4v) is 4.70. The predicted molar refractivity (Wildman–Crippen MR) is 159 cm³/mol. The second kappa shape index (κ2) is 14.8. The highest BCUT2D eigenvalue weighted by Gasteiger charge is 2.28. The number of benzene rings is 4. The van der Waals surface area contributed by atoms with Gasteiger partial charge in [0.2, 0.25) is 0 Å². The molecule has 0 aliphatic carbocycles. The number of rotatable bonds is 14. The van der Waals surface area contributed by atoms with Crippen molar-refractivity contribution in [2.45, 2.75) is 0 Å². The van der Waals surface area contributed by atoms with Gasteiger partial charge in [0.15, 0.2) is 24.8 Å². The van der Waals surface area contributed by atoms with Crippen LogP contribution in [-0.2, 0) is 23.6 Å². The van der Waals surface area contributed by atoms with Crippen molar-refractivity contribution in [1.29, 1.82) is 0 Å². The van der Waals surface area contributed by atoms with Gasteiger partial charge >= 0.3 is 19.8 Å². The number of phosphoric acid groups is 1. The fraction of sp³-hybridized carbons (Fsp3) is 0.125. The van der Waals surface area contributed by atoms with Gasteiger partial charge in [0.05, 0.1) is 25.3 Å². The van der Waals surface area contributed by atoms with Crippen molar-refractivity contribution in [3.05, 3.63) is 119 Å². The second-order valence-corrected chi connectivity index (χ2v) is 10.4. The molecule has 0 aliphatic heterocycles. The summed E-state index contributed by atoms with van der Waals surface area (Å²) in [6.07, 6.45) is 0. The summed E-state index contributed by atoms with van der Waals surface area (Å²) < 4.78 is 43.6. The maximum atomic E-state index is 13.1. The van der Waals surface area contributed by atoms with E-state index < -0.39 is 44.5 Å². The molecule has 0 aromatic heterocycles. The molecule has 4 aromatic carbocycles. The number of esters is 2. The number of ether oxygens (including phenoxy) is 4. The summed E-state index contributed by atoms with van der Waals surface area (Å²) in [5.74, 6) is -3.02. The molecule has 232 valence electrons. The van der Waals surface area contributed by atoms with Gasteiger partial charge in [-0.3, -0.25) is 14.5 Å². The average molecular weight is 635 g/mol. The molecule has 0 unspecified atom stereocenters. The van der Waals surface area contributed by atoms with Crippen LogP contribution in [0.3, 0.4) is 0 Å². The summed E-state index contributed by atoms with van der Waals surface area (Å²) >= 11 is 0. The largest absolute Gasteiger partial charge is 0.584 e. The molecule has 12 nitrogen and oxygen atoms in total. The van der Waals surface area contributed by atoms with Crippen LogP contribution in [0.2, 0.25) is 0 Å². The van der Waals surface area contributed by atoms with Gasteiger partial charge in [-0.1, -0.05) is 60.7 Å². The van der Waals surface area contributed by atoms with Crippen molar-refractivity contribution in [2.75, 3.05) is 27.4 Å². The van der Waals surface area contributed by atoms with Gasteiger partial charge in [-0.15, -0.1) is 0 Å². The lowest BCUT2D eigenvalue weighted by molar-refractivity contribution is -0.143. The van der Waals surface area contributed by atoms with E-state index in [-0.39, 0.29) is 34.1 Å². The average Bonchev–Trinajstić information content (AvgIpc) is 3.06. The number of methoxy groups -OCH3 is 2. The van der Waals surface area contributed by atoms with Gasteiger partial charge in [0.25, 0.3) is 0 Å². The zero-order valence-corrected chi connectivity index (χ0v) is 24.9. The summed E-state index contributed by atoms with van der Waals surface area (Å²) in [6, 6.07) is 24.0. The topological polar surface area (TPSA) is 161 Å². The van der Waals surface area contributed by atoms with Crippen LogP contribution in [0.15, 0.2) is 97.1 Å². The number of phosphoric ester groups is 1. The molecule has 13 heteroatoms. The molecule has 0 heterocycles. The summed E-state index contributed by atoms with van der Waals surface area (Å²) in [7, 11) is -2.59. The van der Waals surface area contributed by atoms with Crippen molar-refractivity contribution in [1.82, 2.24) is 0 Å². The first-order chi connectivity index (χ1) is 21.6. The Bertz CT molecular complexity index is 1610. The lowest BCUT2D eigenvalue weighted by Crippen LogP contribution is -2.15. The van der Waals surface area contributed by atoms with Crippen LogP contribution in [-0.4, -0.2) is 55.8 Å². The van der Waals surface area contributed by atoms with Gasteiger partial charge in [-0.25, -0.2) is 14.2 Å². The van der Waals surface area contributed by atoms with Crippen LogP contribution in [0.4, 0.5) is 0 Å². The normalized spacial score (nSPS) is 10.7. The van der Waals surface area contributed by atoms with Gasteiger partial charge in [0, 0.05) is 23.3 Å². The van der Waals surface area contributed by atoms with Crippen LogP contribution >= 0.6 is 7.82 Å². The zero-order chi connectivity index (χ0) is 32.4. The smallest absolute Gasteiger partial charge is 0.481 e. The highest BCUT2D eigenvalue weighted by atomic mass is 31.2. The molecular weight excluding hydrogens is 607 g/mol. The molecule has 1 N–H and O–H groups in total. The SMILES string of the molecule is COC(=O)COc1cc(OP(=O)(O)Oc2ccc(C(=O)c3ccccc3)c(OCC(=O)OC)c2)ccc1C(=O)c1ccccc1. The van der Waals surface area contributed by atoms with Crippen molar-refractivity contribution in [3.63, 3.8) is 0 Å². The first-order valence-electron chi connectivity index (χ1n) is 13.2. The molecule has 0 fully saturated rings. The van der Waals surface area contributed by atoms with Gasteiger partial charge < -0.3 is 28.0 Å². The molecule has 0 radical (unpaired) electrons. The van der Waals surface area contributed by atoms with Gasteiger partial charge in [-0.05, 0) is 24.3 Å². The Morgan fingerprint density at radius 3 is 1.33 bits per heavy atom. The second-order valence-electron chi connectivity index (χ2n) is 9.09. The van der Waals surface area contributed by atoms with E-state index in [1.807, 2.05) is 0 Å². The lowest BCUT2D eigenvalue weighted by atomic mass is 10.0. The Labute approximate surface area is 257 Å². The van der Waals surface area contributed by atoms with Crippen molar-refractivity contribution in [3.8, 4) is 23.0 Å². The minimum atomic E-state index is -4.92. The number of carbonyl (C=O) groups excluding carboxylic acids is 4. The first-order valence-corrected chi connectivity index (χ1v) is 14.7. The highest BCUT2D eigenvalue weighted by molar-refractivity contribution is 7.48. The molecule has 0 atom stereocenters. The van der Waals surface area contributed by atoms with Crippen LogP contribution < -0.4 is 18.5 Å². The molecular formula is C32H27O12P. The quantitative estimate of drug-likeness (QED) is 0.115. The van der Waals surface area contributed by atoms with E-state index in [2.05, 4.69) is 9.47 Å².